The van der Waals surface area contributed by atoms with Crippen molar-refractivity contribution in [1.29, 1.82) is 0 Å². The topological polar surface area (TPSA) is 47.2 Å². The summed E-state index contributed by atoms with van der Waals surface area (Å²) < 4.78 is 0. The van der Waals surface area contributed by atoms with Gasteiger partial charge in [-0.2, -0.15) is 0 Å². The van der Waals surface area contributed by atoms with E-state index < -0.39 is 0 Å². The molecule has 0 fully saturated rings. The molecule has 0 aliphatic carbocycles. The van der Waals surface area contributed by atoms with E-state index >= 15 is 0 Å². The molecule has 13 heavy (non-hydrogen) atoms. The van der Waals surface area contributed by atoms with Gasteiger partial charge in [0.1, 0.15) is 5.75 Å². The molecule has 66 valence electrons. The van der Waals surface area contributed by atoms with Crippen molar-refractivity contribution in [3.05, 3.63) is 24.5 Å². The third kappa shape index (κ3) is 3.16. The van der Waals surface area contributed by atoms with Gasteiger partial charge in [-0.05, 0) is 25.7 Å². The molecule has 0 saturated carbocycles. The summed E-state index contributed by atoms with van der Waals surface area (Å²) in [6.45, 7) is 0. The second-order valence-corrected chi connectivity index (χ2v) is 2.05. The number of hydrogen-bond acceptors (Lipinski definition) is 3. The summed E-state index contributed by atoms with van der Waals surface area (Å²) in [4.78, 5) is 7.82. The normalized spacial score (nSPS) is 8.31. The second-order valence-electron chi connectivity index (χ2n) is 2.05. The van der Waals surface area contributed by atoms with Crippen molar-refractivity contribution in [3.8, 4) is 5.75 Å². The van der Waals surface area contributed by atoms with Crippen LogP contribution in [0.3, 0.4) is 0 Å². The SMILES string of the molecule is Oc1cnc2[n-]ccc2c1.P=S.[Ti]. The average molecular weight is 245 g/mol. The molecule has 6 heteroatoms. The summed E-state index contributed by atoms with van der Waals surface area (Å²) in [5.41, 5.74) is 0.679. The first-order chi connectivity index (χ1) is 5.86. The minimum Gasteiger partial charge on any atom is -0.508 e. The molecule has 2 rings (SSSR count). The first-order valence-corrected chi connectivity index (χ1v) is 4.76. The molecule has 0 radical (unpaired) electrons. The zero-order valence-electron chi connectivity index (χ0n) is 6.56. The minimum absolute atomic E-state index is 0. The maximum absolute atomic E-state index is 8.96. The first-order valence-electron chi connectivity index (χ1n) is 3.13. The number of hydrogen-bond donors (Lipinski definition) is 1. The van der Waals surface area contributed by atoms with Gasteiger partial charge in [0.15, 0.2) is 0 Å². The maximum Gasteiger partial charge on any atom is 0.112 e. The number of nitrogens with zero attached hydrogens (tertiary/aromatic N) is 2. The van der Waals surface area contributed by atoms with Gasteiger partial charge in [0.25, 0.3) is 0 Å². The summed E-state index contributed by atoms with van der Waals surface area (Å²) >= 11 is 3.89. The van der Waals surface area contributed by atoms with Crippen LogP contribution in [0.5, 0.6) is 5.75 Å². The summed E-state index contributed by atoms with van der Waals surface area (Å²) in [7, 11) is 2.56. The summed E-state index contributed by atoms with van der Waals surface area (Å²) in [5, 5.41) is 9.83. The summed E-state index contributed by atoms with van der Waals surface area (Å²) in [6.07, 6.45) is 3.05. The molecule has 0 unspecified atom stereocenters. The van der Waals surface area contributed by atoms with E-state index in [1.165, 1.54) is 6.20 Å². The van der Waals surface area contributed by atoms with Crippen LogP contribution >= 0.6 is 8.02 Å². The van der Waals surface area contributed by atoms with Gasteiger partial charge in [-0.15, -0.1) is 0 Å². The predicted molar refractivity (Wildman–Crippen MR) is 52.4 cm³/mol. The molecular formula is C7H6N2OPSTi-. The van der Waals surface area contributed by atoms with Gasteiger partial charge >= 0.3 is 0 Å². The first kappa shape index (κ1) is 12.7. The molecule has 0 spiro atoms. The minimum atomic E-state index is 0. The van der Waals surface area contributed by atoms with Crippen LogP contribution in [0.1, 0.15) is 0 Å². The average Bonchev–Trinajstić information content (AvgIpc) is 2.54. The Morgan fingerprint density at radius 2 is 2.15 bits per heavy atom. The molecule has 0 amide bonds. The van der Waals surface area contributed by atoms with E-state index in [1.54, 1.807) is 12.3 Å². The number of fused-ring (bicyclic) bond motifs is 1. The molecule has 0 aromatic carbocycles. The van der Waals surface area contributed by atoms with E-state index in [0.717, 1.165) is 5.39 Å². The van der Waals surface area contributed by atoms with Crippen LogP contribution in [-0.2, 0) is 33.5 Å². The molecule has 0 aliphatic rings. The van der Waals surface area contributed by atoms with Gasteiger partial charge in [-0.1, -0.05) is 29.7 Å². The van der Waals surface area contributed by atoms with Crippen LogP contribution in [0.2, 0.25) is 0 Å². The molecule has 1 N–H and O–H groups in total. The molecule has 0 aliphatic heterocycles. The molecule has 0 saturated heterocycles. The van der Waals surface area contributed by atoms with Gasteiger partial charge in [0, 0.05) is 21.7 Å². The maximum atomic E-state index is 8.96. The Bertz CT molecular complexity index is 381. The van der Waals surface area contributed by atoms with E-state index in [-0.39, 0.29) is 27.5 Å². The Hall–Kier alpha value is -0.276. The standard InChI is InChI=1S/C7H5N2O.HPS.Ti/c10-6-3-5-1-2-8-7(5)9-4-6;1-2;/h1-4H,(H-,8,9,10);1H;/q-1;;. The Morgan fingerprint density at radius 1 is 1.46 bits per heavy atom. The van der Waals surface area contributed by atoms with Crippen molar-refractivity contribution in [1.82, 2.24) is 9.97 Å². The van der Waals surface area contributed by atoms with Crippen LogP contribution < -0.4 is 4.98 Å². The third-order valence-electron chi connectivity index (χ3n) is 1.33. The van der Waals surface area contributed by atoms with Crippen LogP contribution in [-0.4, -0.2) is 10.1 Å². The Balaban J connectivity index is 0.000000451. The quantitative estimate of drug-likeness (QED) is 0.564. The van der Waals surface area contributed by atoms with E-state index in [0.29, 0.717) is 5.65 Å². The predicted octanol–water partition coefficient (Wildman–Crippen LogP) is 1.49. The molecule has 0 atom stereocenters. The van der Waals surface area contributed by atoms with E-state index in [2.05, 4.69) is 29.8 Å². The van der Waals surface area contributed by atoms with Gasteiger partial charge < -0.3 is 15.1 Å². The fourth-order valence-electron chi connectivity index (χ4n) is 0.882. The van der Waals surface area contributed by atoms with E-state index in [1.807, 2.05) is 6.07 Å². The Morgan fingerprint density at radius 3 is 2.85 bits per heavy atom. The van der Waals surface area contributed by atoms with Gasteiger partial charge in [-0.3, -0.25) is 0 Å². The number of aromatic hydroxyl groups is 1. The van der Waals surface area contributed by atoms with Gasteiger partial charge in [0.05, 0.1) is 0 Å². The fourth-order valence-corrected chi connectivity index (χ4v) is 0.882. The number of pyridine rings is 1. The van der Waals surface area contributed by atoms with Crippen LogP contribution in [0.15, 0.2) is 24.5 Å². The number of aromatic nitrogens is 2. The molecule has 2 aromatic heterocycles. The van der Waals surface area contributed by atoms with Crippen LogP contribution in [0.25, 0.3) is 11.0 Å². The van der Waals surface area contributed by atoms with Crippen LogP contribution in [0.4, 0.5) is 0 Å². The Kier molecular flexibility index (Phi) is 6.09. The molecular weight excluding hydrogens is 239 g/mol. The monoisotopic (exact) mass is 245 g/mol. The van der Waals surface area contributed by atoms with Crippen LogP contribution in [0, 0.1) is 0 Å². The third-order valence-corrected chi connectivity index (χ3v) is 1.33. The van der Waals surface area contributed by atoms with Crippen molar-refractivity contribution >= 4 is 30.9 Å². The zero-order chi connectivity index (χ0) is 8.97. The number of rotatable bonds is 0. The molecule has 2 heterocycles. The van der Waals surface area contributed by atoms with Crippen molar-refractivity contribution in [2.45, 2.75) is 0 Å². The zero-order valence-corrected chi connectivity index (χ0v) is 9.94. The van der Waals surface area contributed by atoms with E-state index in [4.69, 9.17) is 5.11 Å². The largest absolute Gasteiger partial charge is 0.508 e. The summed E-state index contributed by atoms with van der Waals surface area (Å²) in [5.74, 6) is 0.181. The van der Waals surface area contributed by atoms with Gasteiger partial charge in [-0.25, -0.2) is 0 Å². The summed E-state index contributed by atoms with van der Waals surface area (Å²) in [6, 6.07) is 3.44. The smallest absolute Gasteiger partial charge is 0.112 e. The van der Waals surface area contributed by atoms with Gasteiger partial charge in [0.2, 0.25) is 0 Å². The van der Waals surface area contributed by atoms with Crippen molar-refractivity contribution in [3.63, 3.8) is 0 Å². The van der Waals surface area contributed by atoms with Crippen molar-refractivity contribution < 1.29 is 26.8 Å². The van der Waals surface area contributed by atoms with Crippen molar-refractivity contribution in [2.24, 2.45) is 0 Å². The second kappa shape index (κ2) is 6.22. The molecule has 3 nitrogen and oxygen atoms in total. The molecule has 0 bridgehead atoms. The molecule has 2 aromatic rings. The fraction of sp³-hybridized carbons (Fsp3) is 0. The Labute approximate surface area is 97.7 Å². The van der Waals surface area contributed by atoms with E-state index in [9.17, 15) is 0 Å². The van der Waals surface area contributed by atoms with Crippen molar-refractivity contribution in [2.75, 3.05) is 0 Å².